The van der Waals surface area contributed by atoms with Crippen LogP contribution >= 0.6 is 0 Å². The molecule has 0 unspecified atom stereocenters. The fraction of sp³-hybridized carbons (Fsp3) is 0.429. The SMILES string of the molecule is CCCc1ncnc2cc(Cn3cccc(CC(=O)[C@H](CC/C=C/C(=O)N(C)C)OC(=O)N(C)C)c3=O)[nH]c12. The van der Waals surface area contributed by atoms with Gasteiger partial charge in [0.15, 0.2) is 11.9 Å². The number of fused-ring (bicyclic) bond motifs is 1. The summed E-state index contributed by atoms with van der Waals surface area (Å²) in [6.45, 7) is 2.35. The molecular formula is C28H36N6O5. The van der Waals surface area contributed by atoms with Gasteiger partial charge >= 0.3 is 6.09 Å². The molecule has 208 valence electrons. The molecule has 0 saturated heterocycles. The highest BCUT2D eigenvalue weighted by Gasteiger charge is 2.24. The number of H-pyrrole nitrogens is 1. The molecule has 3 heterocycles. The van der Waals surface area contributed by atoms with Crippen molar-refractivity contribution in [2.75, 3.05) is 28.2 Å². The number of ketones is 1. The van der Waals surface area contributed by atoms with Crippen LogP contribution in [-0.4, -0.2) is 81.4 Å². The molecule has 0 aliphatic heterocycles. The van der Waals surface area contributed by atoms with Gasteiger partial charge in [-0.15, -0.1) is 0 Å². The van der Waals surface area contributed by atoms with Crippen molar-refractivity contribution in [1.29, 1.82) is 0 Å². The van der Waals surface area contributed by atoms with Crippen LogP contribution in [0.2, 0.25) is 0 Å². The average molecular weight is 537 g/mol. The van der Waals surface area contributed by atoms with Gasteiger partial charge in [-0.3, -0.25) is 14.4 Å². The van der Waals surface area contributed by atoms with Crippen molar-refractivity contribution in [3.63, 3.8) is 0 Å². The number of pyridine rings is 1. The molecule has 0 saturated carbocycles. The van der Waals surface area contributed by atoms with E-state index in [1.807, 2.05) is 6.07 Å². The molecule has 0 bridgehead atoms. The Hall–Kier alpha value is -4.28. The zero-order chi connectivity index (χ0) is 28.5. The van der Waals surface area contributed by atoms with Crippen LogP contribution < -0.4 is 5.56 Å². The number of aryl methyl sites for hydroxylation is 1. The Labute approximate surface area is 227 Å². The number of hydrogen-bond acceptors (Lipinski definition) is 7. The summed E-state index contributed by atoms with van der Waals surface area (Å²) in [7, 11) is 6.33. The lowest BCUT2D eigenvalue weighted by molar-refractivity contribution is -0.127. The molecule has 0 aliphatic rings. The van der Waals surface area contributed by atoms with Crippen LogP contribution in [-0.2, 0) is 33.7 Å². The molecule has 0 aromatic carbocycles. The number of allylic oxidation sites excluding steroid dienone is 1. The van der Waals surface area contributed by atoms with Crippen molar-refractivity contribution in [3.05, 3.63) is 70.2 Å². The highest BCUT2D eigenvalue weighted by atomic mass is 16.6. The number of nitrogens with zero attached hydrogens (tertiary/aromatic N) is 5. The lowest BCUT2D eigenvalue weighted by atomic mass is 10.0. The Kier molecular flexibility index (Phi) is 10.1. The molecule has 0 aliphatic carbocycles. The largest absolute Gasteiger partial charge is 0.438 e. The fourth-order valence-electron chi connectivity index (χ4n) is 3.98. The Morgan fingerprint density at radius 3 is 2.62 bits per heavy atom. The zero-order valence-corrected chi connectivity index (χ0v) is 23.1. The molecule has 0 spiro atoms. The van der Waals surface area contributed by atoms with Crippen LogP contribution in [0.4, 0.5) is 4.79 Å². The molecule has 0 radical (unpaired) electrons. The molecule has 1 atom stereocenters. The van der Waals surface area contributed by atoms with Gasteiger partial charge in [-0.25, -0.2) is 14.8 Å². The van der Waals surface area contributed by atoms with Gasteiger partial charge in [0.2, 0.25) is 5.91 Å². The van der Waals surface area contributed by atoms with E-state index in [1.165, 1.54) is 34.5 Å². The molecule has 1 N–H and O–H groups in total. The maximum absolute atomic E-state index is 13.2. The number of nitrogens with one attached hydrogen (secondary N) is 1. The van der Waals surface area contributed by atoms with E-state index in [0.717, 1.165) is 35.3 Å². The zero-order valence-electron chi connectivity index (χ0n) is 23.1. The minimum atomic E-state index is -1.06. The summed E-state index contributed by atoms with van der Waals surface area (Å²) >= 11 is 0. The van der Waals surface area contributed by atoms with E-state index in [-0.39, 0.29) is 30.9 Å². The Morgan fingerprint density at radius 1 is 1.15 bits per heavy atom. The number of ether oxygens (including phenoxy) is 1. The van der Waals surface area contributed by atoms with Gasteiger partial charge in [-0.2, -0.15) is 0 Å². The number of aromatic nitrogens is 4. The van der Waals surface area contributed by atoms with Gasteiger partial charge in [0.1, 0.15) is 6.33 Å². The van der Waals surface area contributed by atoms with E-state index in [1.54, 1.807) is 44.8 Å². The van der Waals surface area contributed by atoms with Gasteiger partial charge in [0, 0.05) is 52.1 Å². The third-order valence-corrected chi connectivity index (χ3v) is 6.11. The van der Waals surface area contributed by atoms with Crippen LogP contribution in [0.25, 0.3) is 11.0 Å². The lowest BCUT2D eigenvalue weighted by Gasteiger charge is -2.19. The first-order valence-electron chi connectivity index (χ1n) is 12.9. The Morgan fingerprint density at radius 2 is 1.92 bits per heavy atom. The number of Topliss-reactive ketones (excluding diaryl/α,β-unsaturated/α-hetero) is 1. The highest BCUT2D eigenvalue weighted by Crippen LogP contribution is 2.17. The minimum absolute atomic E-state index is 0.184. The van der Waals surface area contributed by atoms with E-state index in [0.29, 0.717) is 12.0 Å². The highest BCUT2D eigenvalue weighted by molar-refractivity contribution is 5.88. The first kappa shape index (κ1) is 29.3. The van der Waals surface area contributed by atoms with Crippen molar-refractivity contribution < 1.29 is 19.1 Å². The Balaban J connectivity index is 1.76. The number of carbonyl (C=O) groups is 3. The lowest BCUT2D eigenvalue weighted by Crippen LogP contribution is -2.35. The number of carbonyl (C=O) groups excluding carboxylic acids is 3. The third kappa shape index (κ3) is 7.86. The summed E-state index contributed by atoms with van der Waals surface area (Å²) in [5.74, 6) is -0.575. The van der Waals surface area contributed by atoms with Crippen LogP contribution in [0.1, 0.15) is 43.1 Å². The molecule has 39 heavy (non-hydrogen) atoms. The first-order chi connectivity index (χ1) is 18.6. The number of amides is 2. The van der Waals surface area contributed by atoms with Crippen molar-refractivity contribution in [3.8, 4) is 0 Å². The molecular weight excluding hydrogens is 500 g/mol. The van der Waals surface area contributed by atoms with Crippen molar-refractivity contribution >= 4 is 28.8 Å². The second-order valence-corrected chi connectivity index (χ2v) is 9.71. The molecule has 11 heteroatoms. The number of rotatable bonds is 12. The standard InChI is InChI=1S/C28H36N6O5/c1-6-10-21-26-22(30-18-29-21)16-20(31-26)17-34-14-9-11-19(27(34)37)15-23(35)24(39-28(38)33(4)5)12-7-8-13-25(36)32(2)3/h8-9,11,13-14,16,18,24,31H,6-7,10,12,15,17H2,1-5H3/b13-8+/t24-/m0/s1. The number of aromatic amines is 1. The second kappa shape index (κ2) is 13.5. The predicted octanol–water partition coefficient (Wildman–Crippen LogP) is 2.72. The smallest absolute Gasteiger partial charge is 0.409 e. The van der Waals surface area contributed by atoms with Gasteiger partial charge in [0.05, 0.1) is 23.3 Å². The summed E-state index contributed by atoms with van der Waals surface area (Å²) in [6.07, 6.45) is 6.64. The fourth-order valence-corrected chi connectivity index (χ4v) is 3.98. The van der Waals surface area contributed by atoms with Crippen molar-refractivity contribution in [2.45, 2.75) is 51.7 Å². The van der Waals surface area contributed by atoms with E-state index in [2.05, 4.69) is 21.9 Å². The quantitative estimate of drug-likeness (QED) is 0.352. The van der Waals surface area contributed by atoms with Crippen LogP contribution in [0.5, 0.6) is 0 Å². The molecule has 0 fully saturated rings. The topological polar surface area (TPSA) is 130 Å². The number of hydrogen-bond donors (Lipinski definition) is 1. The van der Waals surface area contributed by atoms with Crippen molar-refractivity contribution in [2.24, 2.45) is 0 Å². The molecule has 3 aromatic heterocycles. The van der Waals surface area contributed by atoms with E-state index >= 15 is 0 Å². The summed E-state index contributed by atoms with van der Waals surface area (Å²) in [4.78, 5) is 65.1. The summed E-state index contributed by atoms with van der Waals surface area (Å²) in [6, 6.07) is 5.21. The molecule has 11 nitrogen and oxygen atoms in total. The third-order valence-electron chi connectivity index (χ3n) is 6.11. The monoisotopic (exact) mass is 536 g/mol. The summed E-state index contributed by atoms with van der Waals surface area (Å²) < 4.78 is 6.94. The first-order valence-corrected chi connectivity index (χ1v) is 12.9. The normalized spacial score (nSPS) is 12.0. The van der Waals surface area contributed by atoms with E-state index in [4.69, 9.17) is 4.74 Å². The predicted molar refractivity (Wildman–Crippen MR) is 147 cm³/mol. The summed E-state index contributed by atoms with van der Waals surface area (Å²) in [5.41, 5.74) is 3.37. The maximum Gasteiger partial charge on any atom is 0.409 e. The summed E-state index contributed by atoms with van der Waals surface area (Å²) in [5, 5.41) is 0. The number of likely N-dealkylation sites (N-methyl/N-ethyl adjacent to an activating group) is 1. The minimum Gasteiger partial charge on any atom is -0.438 e. The van der Waals surface area contributed by atoms with E-state index in [9.17, 15) is 19.2 Å². The molecule has 3 rings (SSSR count). The van der Waals surface area contributed by atoms with Crippen LogP contribution in [0, 0.1) is 0 Å². The van der Waals surface area contributed by atoms with Gasteiger partial charge in [-0.1, -0.05) is 25.5 Å². The molecule has 3 aromatic rings. The van der Waals surface area contributed by atoms with Crippen molar-refractivity contribution in [1.82, 2.24) is 29.3 Å². The van der Waals surface area contributed by atoms with Gasteiger partial charge in [0.25, 0.3) is 5.56 Å². The van der Waals surface area contributed by atoms with Gasteiger partial charge < -0.3 is 24.1 Å². The maximum atomic E-state index is 13.2. The Bertz CT molecular complexity index is 1400. The van der Waals surface area contributed by atoms with Gasteiger partial charge in [-0.05, 0) is 37.5 Å². The average Bonchev–Trinajstić information content (AvgIpc) is 3.31. The van der Waals surface area contributed by atoms with Crippen LogP contribution in [0.3, 0.4) is 0 Å². The van der Waals surface area contributed by atoms with Crippen LogP contribution in [0.15, 0.2) is 47.7 Å². The second-order valence-electron chi connectivity index (χ2n) is 9.71. The molecule has 2 amide bonds. The van der Waals surface area contributed by atoms with E-state index < -0.39 is 18.0 Å².